The lowest BCUT2D eigenvalue weighted by Crippen LogP contribution is -2.32. The second-order valence-electron chi connectivity index (χ2n) is 5.61. The number of nitrogens with zero attached hydrogens (tertiary/aromatic N) is 1. The molecule has 2 rings (SSSR count). The van der Waals surface area contributed by atoms with Gasteiger partial charge in [0.1, 0.15) is 5.60 Å². The first kappa shape index (κ1) is 13.6. The van der Waals surface area contributed by atoms with Gasteiger partial charge in [0.2, 0.25) is 0 Å². The normalized spacial score (nSPS) is 15.6. The summed E-state index contributed by atoms with van der Waals surface area (Å²) in [4.78, 5) is 13.9. The van der Waals surface area contributed by atoms with Crippen LogP contribution in [0.2, 0.25) is 0 Å². The molecule has 0 spiro atoms. The maximum absolute atomic E-state index is 11.8. The third-order valence-corrected chi connectivity index (χ3v) is 3.51. The van der Waals surface area contributed by atoms with Crippen molar-refractivity contribution in [3.63, 3.8) is 0 Å². The van der Waals surface area contributed by atoms with E-state index in [9.17, 15) is 4.79 Å². The van der Waals surface area contributed by atoms with Crippen LogP contribution in [0.1, 0.15) is 31.9 Å². The van der Waals surface area contributed by atoms with Crippen molar-refractivity contribution in [2.45, 2.75) is 39.5 Å². The highest BCUT2D eigenvalue weighted by Gasteiger charge is 2.24. The molecule has 0 bridgehead atoms. The van der Waals surface area contributed by atoms with Gasteiger partial charge >= 0.3 is 5.97 Å². The van der Waals surface area contributed by atoms with Crippen molar-refractivity contribution in [1.29, 1.82) is 0 Å². The van der Waals surface area contributed by atoms with E-state index in [0.717, 1.165) is 17.6 Å². The minimum Gasteiger partial charge on any atom is -0.459 e. The number of carbonyl (C=O) groups excluding carboxylic acids is 1. The number of esters is 1. The SMILES string of the molecule is CC(C)(C)OC(=O)CN1Cc2cccc(Br)c2C1. The fourth-order valence-electron chi connectivity index (χ4n) is 2.12. The molecule has 0 unspecified atom stereocenters. The van der Waals surface area contributed by atoms with E-state index >= 15 is 0 Å². The van der Waals surface area contributed by atoms with E-state index in [-0.39, 0.29) is 5.97 Å². The number of carbonyl (C=O) groups is 1. The summed E-state index contributed by atoms with van der Waals surface area (Å²) in [6.45, 7) is 7.63. The smallest absolute Gasteiger partial charge is 0.320 e. The highest BCUT2D eigenvalue weighted by Crippen LogP contribution is 2.29. The lowest BCUT2D eigenvalue weighted by molar-refractivity contribution is -0.156. The molecule has 0 amide bonds. The van der Waals surface area contributed by atoms with Crippen molar-refractivity contribution in [2.75, 3.05) is 6.54 Å². The van der Waals surface area contributed by atoms with Crippen LogP contribution >= 0.6 is 15.9 Å². The monoisotopic (exact) mass is 311 g/mol. The molecule has 0 atom stereocenters. The maximum atomic E-state index is 11.8. The molecule has 0 radical (unpaired) electrons. The fraction of sp³-hybridized carbons (Fsp3) is 0.500. The molecule has 0 N–H and O–H groups in total. The van der Waals surface area contributed by atoms with Gasteiger partial charge in [0.05, 0.1) is 6.54 Å². The van der Waals surface area contributed by atoms with E-state index in [2.05, 4.69) is 26.9 Å². The summed E-state index contributed by atoms with van der Waals surface area (Å²) in [6.07, 6.45) is 0. The predicted octanol–water partition coefficient (Wildman–Crippen LogP) is 3.11. The molecule has 3 nitrogen and oxygen atoms in total. The Bertz CT molecular complexity index is 465. The minimum absolute atomic E-state index is 0.161. The first-order valence-electron chi connectivity index (χ1n) is 6.05. The molecular formula is C14H18BrNO2. The Kier molecular flexibility index (Phi) is 3.78. The molecule has 4 heteroatoms. The zero-order chi connectivity index (χ0) is 13.3. The summed E-state index contributed by atoms with van der Waals surface area (Å²) in [5.74, 6) is -0.161. The van der Waals surface area contributed by atoms with Gasteiger partial charge in [0, 0.05) is 17.6 Å². The fourth-order valence-corrected chi connectivity index (χ4v) is 2.65. The van der Waals surface area contributed by atoms with Gasteiger partial charge < -0.3 is 4.74 Å². The molecule has 0 saturated heterocycles. The molecule has 1 aliphatic rings. The molecule has 1 aromatic carbocycles. The van der Waals surface area contributed by atoms with Crippen LogP contribution in [0.3, 0.4) is 0 Å². The zero-order valence-electron chi connectivity index (χ0n) is 11.0. The van der Waals surface area contributed by atoms with Gasteiger partial charge in [-0.05, 0) is 38.0 Å². The van der Waals surface area contributed by atoms with E-state index in [1.807, 2.05) is 32.9 Å². The van der Waals surface area contributed by atoms with E-state index in [0.29, 0.717) is 6.54 Å². The van der Waals surface area contributed by atoms with Gasteiger partial charge in [-0.15, -0.1) is 0 Å². The zero-order valence-corrected chi connectivity index (χ0v) is 12.6. The second-order valence-corrected chi connectivity index (χ2v) is 6.46. The van der Waals surface area contributed by atoms with Crippen molar-refractivity contribution < 1.29 is 9.53 Å². The molecule has 1 aromatic rings. The largest absolute Gasteiger partial charge is 0.459 e. The van der Waals surface area contributed by atoms with Crippen LogP contribution < -0.4 is 0 Å². The van der Waals surface area contributed by atoms with Crippen LogP contribution in [0.5, 0.6) is 0 Å². The summed E-state index contributed by atoms with van der Waals surface area (Å²) < 4.78 is 6.45. The van der Waals surface area contributed by atoms with Gasteiger partial charge in [-0.25, -0.2) is 0 Å². The molecule has 1 aliphatic heterocycles. The lowest BCUT2D eigenvalue weighted by atomic mass is 10.1. The predicted molar refractivity (Wildman–Crippen MR) is 74.1 cm³/mol. The van der Waals surface area contributed by atoms with Crippen molar-refractivity contribution in [3.8, 4) is 0 Å². The van der Waals surface area contributed by atoms with E-state index < -0.39 is 5.60 Å². The molecule has 1 heterocycles. The summed E-state index contributed by atoms with van der Waals surface area (Å²) >= 11 is 3.55. The Labute approximate surface area is 116 Å². The molecule has 0 fully saturated rings. The summed E-state index contributed by atoms with van der Waals surface area (Å²) in [5.41, 5.74) is 2.15. The van der Waals surface area contributed by atoms with Crippen LogP contribution in [0.4, 0.5) is 0 Å². The Morgan fingerprint density at radius 3 is 2.72 bits per heavy atom. The summed E-state index contributed by atoms with van der Waals surface area (Å²) in [5, 5.41) is 0. The number of ether oxygens (including phenoxy) is 1. The average Bonchev–Trinajstić information content (AvgIpc) is 2.58. The van der Waals surface area contributed by atoms with E-state index in [4.69, 9.17) is 4.74 Å². The summed E-state index contributed by atoms with van der Waals surface area (Å²) in [7, 11) is 0. The van der Waals surface area contributed by atoms with Crippen molar-refractivity contribution in [2.24, 2.45) is 0 Å². The van der Waals surface area contributed by atoms with Gasteiger partial charge in [0.15, 0.2) is 0 Å². The average molecular weight is 312 g/mol. The number of fused-ring (bicyclic) bond motifs is 1. The topological polar surface area (TPSA) is 29.5 Å². The highest BCUT2D eigenvalue weighted by molar-refractivity contribution is 9.10. The maximum Gasteiger partial charge on any atom is 0.320 e. The van der Waals surface area contributed by atoms with Crippen LogP contribution in [-0.4, -0.2) is 23.0 Å². The van der Waals surface area contributed by atoms with Crippen molar-refractivity contribution >= 4 is 21.9 Å². The Morgan fingerprint density at radius 1 is 1.39 bits per heavy atom. The van der Waals surface area contributed by atoms with Gasteiger partial charge in [0.25, 0.3) is 0 Å². The highest BCUT2D eigenvalue weighted by atomic mass is 79.9. The number of halogens is 1. The molecular weight excluding hydrogens is 294 g/mol. The summed E-state index contributed by atoms with van der Waals surface area (Å²) in [6, 6.07) is 6.17. The Morgan fingerprint density at radius 2 is 2.11 bits per heavy atom. The number of hydrogen-bond acceptors (Lipinski definition) is 3. The first-order chi connectivity index (χ1) is 8.35. The Balaban J connectivity index is 1.96. The van der Waals surface area contributed by atoms with Crippen LogP contribution in [0, 0.1) is 0 Å². The first-order valence-corrected chi connectivity index (χ1v) is 6.85. The second kappa shape index (κ2) is 5.02. The van der Waals surface area contributed by atoms with Gasteiger partial charge in [-0.3, -0.25) is 9.69 Å². The number of hydrogen-bond donors (Lipinski definition) is 0. The molecule has 18 heavy (non-hydrogen) atoms. The van der Waals surface area contributed by atoms with E-state index in [1.54, 1.807) is 0 Å². The molecule has 0 aromatic heterocycles. The minimum atomic E-state index is -0.412. The lowest BCUT2D eigenvalue weighted by Gasteiger charge is -2.22. The third-order valence-electron chi connectivity index (χ3n) is 2.76. The van der Waals surface area contributed by atoms with Crippen LogP contribution in [-0.2, 0) is 22.6 Å². The van der Waals surface area contributed by atoms with Crippen LogP contribution in [0.15, 0.2) is 22.7 Å². The Hall–Kier alpha value is -0.870. The third kappa shape index (κ3) is 3.33. The van der Waals surface area contributed by atoms with Crippen molar-refractivity contribution in [3.05, 3.63) is 33.8 Å². The van der Waals surface area contributed by atoms with E-state index in [1.165, 1.54) is 11.1 Å². The standard InChI is InChI=1S/C14H18BrNO2/c1-14(2,3)18-13(17)9-16-7-10-5-4-6-12(15)11(10)8-16/h4-6H,7-9H2,1-3H3. The van der Waals surface area contributed by atoms with Crippen LogP contribution in [0.25, 0.3) is 0 Å². The number of benzene rings is 1. The van der Waals surface area contributed by atoms with Crippen molar-refractivity contribution in [1.82, 2.24) is 4.90 Å². The molecule has 98 valence electrons. The molecule has 0 aliphatic carbocycles. The van der Waals surface area contributed by atoms with Gasteiger partial charge in [-0.2, -0.15) is 0 Å². The number of rotatable bonds is 2. The quantitative estimate of drug-likeness (QED) is 0.786. The molecule has 0 saturated carbocycles. The van der Waals surface area contributed by atoms with Gasteiger partial charge in [-0.1, -0.05) is 28.1 Å².